The Kier molecular flexibility index (Phi) is 13.8. The second-order valence-electron chi connectivity index (χ2n) is 16.2. The third-order valence-electron chi connectivity index (χ3n) is 12.1. The quantitative estimate of drug-likeness (QED) is 0.134. The summed E-state index contributed by atoms with van der Waals surface area (Å²) >= 11 is 6.18. The first-order chi connectivity index (χ1) is 31.6. The van der Waals surface area contributed by atoms with Crippen LogP contribution in [0.4, 0.5) is 11.4 Å². The number of ether oxygens (including phenoxy) is 2. The fourth-order valence-electron chi connectivity index (χ4n) is 8.58. The van der Waals surface area contributed by atoms with E-state index in [2.05, 4.69) is 44.3 Å². The third kappa shape index (κ3) is 10.0. The molecule has 5 aromatic carbocycles. The highest BCUT2D eigenvalue weighted by molar-refractivity contribution is 6.31. The van der Waals surface area contributed by atoms with E-state index in [0.717, 1.165) is 75.7 Å². The van der Waals surface area contributed by atoms with Crippen LogP contribution in [0.15, 0.2) is 133 Å². The molecule has 4 heterocycles. The number of piperazine rings is 2. The molecule has 12 nitrogen and oxygen atoms in total. The molecule has 0 aliphatic carbocycles. The van der Waals surface area contributed by atoms with Gasteiger partial charge in [-0.2, -0.15) is 10.2 Å². The summed E-state index contributed by atoms with van der Waals surface area (Å²) in [7, 11) is 1.66. The van der Waals surface area contributed by atoms with Crippen LogP contribution in [0.3, 0.4) is 0 Å². The van der Waals surface area contributed by atoms with Crippen LogP contribution < -0.4 is 19.3 Å². The maximum absolute atomic E-state index is 13.4. The SMILES string of the molecule is COc1ccc(Cl)cc1N1CCN(C(=O)c2c(C)nn(-c3ccccc3)c2C)CC1.Cc1nn(-c2ccccc2)c(C)c1C(=O)N1CCN(c2ccc(OCc3ccccc3)cc2)CC1. The van der Waals surface area contributed by atoms with E-state index in [0.29, 0.717) is 62.0 Å². The topological polar surface area (TPSA) is 101 Å². The van der Waals surface area contributed by atoms with E-state index in [1.165, 1.54) is 0 Å². The van der Waals surface area contributed by atoms with Gasteiger partial charge in [-0.1, -0.05) is 78.3 Å². The van der Waals surface area contributed by atoms with Crippen molar-refractivity contribution in [2.45, 2.75) is 34.3 Å². The lowest BCUT2D eigenvalue weighted by atomic mass is 10.1. The molecule has 0 unspecified atom stereocenters. The van der Waals surface area contributed by atoms with Gasteiger partial charge in [-0.3, -0.25) is 9.59 Å². The van der Waals surface area contributed by atoms with Crippen LogP contribution in [0.25, 0.3) is 11.4 Å². The number of aromatic nitrogens is 4. The van der Waals surface area contributed by atoms with Crippen molar-refractivity contribution in [2.75, 3.05) is 69.3 Å². The number of anilines is 2. The first-order valence-corrected chi connectivity index (χ1v) is 22.4. The number of carbonyl (C=O) groups excluding carboxylic acids is 2. The molecule has 0 atom stereocenters. The number of aryl methyl sites for hydroxylation is 2. The maximum atomic E-state index is 13.4. The van der Waals surface area contributed by atoms with Crippen molar-refractivity contribution in [3.05, 3.63) is 178 Å². The van der Waals surface area contributed by atoms with Crippen molar-refractivity contribution >= 4 is 34.8 Å². The van der Waals surface area contributed by atoms with Crippen LogP contribution in [0.2, 0.25) is 5.02 Å². The van der Waals surface area contributed by atoms with Gasteiger partial charge in [0.15, 0.2) is 0 Å². The predicted octanol–water partition coefficient (Wildman–Crippen LogP) is 9.14. The van der Waals surface area contributed by atoms with Gasteiger partial charge in [-0.25, -0.2) is 9.36 Å². The molecule has 2 amide bonds. The molecule has 2 fully saturated rings. The Balaban J connectivity index is 0.000000179. The number of para-hydroxylation sites is 2. The molecule has 0 saturated carbocycles. The summed E-state index contributed by atoms with van der Waals surface area (Å²) in [6.07, 6.45) is 0. The molecule has 13 heteroatoms. The summed E-state index contributed by atoms with van der Waals surface area (Å²) in [5, 5.41) is 9.94. The van der Waals surface area contributed by atoms with Crippen LogP contribution in [-0.2, 0) is 6.61 Å². The summed E-state index contributed by atoms with van der Waals surface area (Å²) in [6.45, 7) is 13.9. The number of rotatable bonds is 10. The van der Waals surface area contributed by atoms with E-state index >= 15 is 0 Å². The second-order valence-corrected chi connectivity index (χ2v) is 16.7. The van der Waals surface area contributed by atoms with Gasteiger partial charge in [-0.15, -0.1) is 0 Å². The van der Waals surface area contributed by atoms with Crippen molar-refractivity contribution in [3.63, 3.8) is 0 Å². The number of carbonyl (C=O) groups is 2. The smallest absolute Gasteiger partial charge is 0.257 e. The fraction of sp³-hybridized carbons (Fsp3) is 0.269. The number of methoxy groups -OCH3 is 1. The normalized spacial score (nSPS) is 13.9. The summed E-state index contributed by atoms with van der Waals surface area (Å²) in [4.78, 5) is 35.1. The highest BCUT2D eigenvalue weighted by Gasteiger charge is 2.29. The van der Waals surface area contributed by atoms with Crippen molar-refractivity contribution in [1.29, 1.82) is 0 Å². The summed E-state index contributed by atoms with van der Waals surface area (Å²) in [5.41, 5.74) is 9.84. The predicted molar refractivity (Wildman–Crippen MR) is 258 cm³/mol. The van der Waals surface area contributed by atoms with E-state index in [1.807, 2.05) is 156 Å². The zero-order chi connectivity index (χ0) is 45.5. The van der Waals surface area contributed by atoms with Crippen molar-refractivity contribution < 1.29 is 19.1 Å². The van der Waals surface area contributed by atoms with Crippen LogP contribution in [0.1, 0.15) is 49.1 Å². The maximum Gasteiger partial charge on any atom is 0.257 e. The van der Waals surface area contributed by atoms with E-state index in [1.54, 1.807) is 7.11 Å². The lowest BCUT2D eigenvalue weighted by Crippen LogP contribution is -2.49. The summed E-state index contributed by atoms with van der Waals surface area (Å²) in [5.74, 6) is 1.74. The second kappa shape index (κ2) is 20.2. The molecule has 0 spiro atoms. The average Bonchev–Trinajstić information content (AvgIpc) is 3.83. The van der Waals surface area contributed by atoms with E-state index in [9.17, 15) is 9.59 Å². The Hall–Kier alpha value is -7.05. The van der Waals surface area contributed by atoms with Gasteiger partial charge >= 0.3 is 0 Å². The highest BCUT2D eigenvalue weighted by atomic mass is 35.5. The number of hydrogen-bond donors (Lipinski definition) is 0. The van der Waals surface area contributed by atoms with Crippen LogP contribution >= 0.6 is 11.6 Å². The van der Waals surface area contributed by atoms with Crippen molar-refractivity contribution in [1.82, 2.24) is 29.4 Å². The van der Waals surface area contributed by atoms with Crippen LogP contribution in [0.5, 0.6) is 11.5 Å². The number of halogens is 1. The molecule has 2 aromatic heterocycles. The first kappa shape index (κ1) is 44.6. The van der Waals surface area contributed by atoms with Gasteiger partial charge < -0.3 is 29.1 Å². The number of amides is 2. The van der Waals surface area contributed by atoms with Crippen molar-refractivity contribution in [2.24, 2.45) is 0 Å². The van der Waals surface area contributed by atoms with Gasteiger partial charge in [-0.05, 0) is 100.0 Å². The monoisotopic (exact) mass is 890 g/mol. The lowest BCUT2D eigenvalue weighted by molar-refractivity contribution is 0.0737. The Morgan fingerprint density at radius 2 is 1.02 bits per heavy atom. The van der Waals surface area contributed by atoms with E-state index < -0.39 is 0 Å². The van der Waals surface area contributed by atoms with Gasteiger partial charge in [0.05, 0.1) is 58.1 Å². The molecule has 2 aliphatic heterocycles. The minimum absolute atomic E-state index is 0.0323. The van der Waals surface area contributed by atoms with Gasteiger partial charge in [0.25, 0.3) is 11.8 Å². The molecule has 65 heavy (non-hydrogen) atoms. The fourth-order valence-corrected chi connectivity index (χ4v) is 8.75. The molecule has 0 radical (unpaired) electrons. The zero-order valence-electron chi connectivity index (χ0n) is 37.7. The summed E-state index contributed by atoms with van der Waals surface area (Å²) < 4.78 is 15.1. The minimum atomic E-state index is 0.0323. The molecular weight excluding hydrogens is 836 g/mol. The first-order valence-electron chi connectivity index (χ1n) is 22.0. The van der Waals surface area contributed by atoms with Crippen LogP contribution in [0, 0.1) is 27.7 Å². The molecule has 334 valence electrons. The largest absolute Gasteiger partial charge is 0.495 e. The van der Waals surface area contributed by atoms with Crippen molar-refractivity contribution in [3.8, 4) is 22.9 Å². The van der Waals surface area contributed by atoms with E-state index in [-0.39, 0.29) is 11.8 Å². The molecule has 2 saturated heterocycles. The minimum Gasteiger partial charge on any atom is -0.495 e. The molecule has 0 bridgehead atoms. The Labute approximate surface area is 386 Å². The lowest BCUT2D eigenvalue weighted by Gasteiger charge is -2.36. The highest BCUT2D eigenvalue weighted by Crippen LogP contribution is 2.32. The Bertz CT molecular complexity index is 2710. The standard InChI is InChI=1S/C29H30N4O2.C23H25ClN4O2/c1-22-28(23(2)33(30-22)26-11-7-4-8-12-26)29(34)32-19-17-31(18-20-32)25-13-15-27(16-14-25)35-21-24-9-5-3-6-10-24;1-16-22(17(2)28(25-16)19-7-5-4-6-8-19)23(29)27-13-11-26(12-14-27)20-15-18(24)9-10-21(20)30-3/h3-16H,17-21H2,1-2H3;4-10,15H,11-14H2,1-3H3. The zero-order valence-corrected chi connectivity index (χ0v) is 38.4. The average molecular weight is 892 g/mol. The Morgan fingerprint density at radius 1 is 0.554 bits per heavy atom. The number of benzene rings is 5. The van der Waals surface area contributed by atoms with E-state index in [4.69, 9.17) is 21.1 Å². The van der Waals surface area contributed by atoms with Gasteiger partial charge in [0, 0.05) is 63.1 Å². The number of hydrogen-bond acceptors (Lipinski definition) is 8. The van der Waals surface area contributed by atoms with Crippen LogP contribution in [-0.4, -0.2) is 101 Å². The molecule has 7 aromatic rings. The molecule has 0 N–H and O–H groups in total. The number of nitrogens with zero attached hydrogens (tertiary/aromatic N) is 8. The van der Waals surface area contributed by atoms with Gasteiger partial charge in [0.2, 0.25) is 0 Å². The summed E-state index contributed by atoms with van der Waals surface area (Å²) in [6, 6.07) is 43.8. The third-order valence-corrected chi connectivity index (χ3v) is 12.3. The molecular formula is C52H55ClN8O4. The van der Waals surface area contributed by atoms with Gasteiger partial charge in [0.1, 0.15) is 18.1 Å². The molecule has 9 rings (SSSR count). The molecule has 2 aliphatic rings. The Morgan fingerprint density at radius 3 is 1.49 bits per heavy atom.